The first-order valence-corrected chi connectivity index (χ1v) is 17.7. The third-order valence-corrected chi connectivity index (χ3v) is 11.5. The molecule has 4 aliphatic carbocycles. The molecule has 53 heavy (non-hydrogen) atoms. The fourth-order valence-electron chi connectivity index (χ4n) is 9.32. The van der Waals surface area contributed by atoms with Gasteiger partial charge < -0.3 is 18.9 Å². The first-order chi connectivity index (χ1) is 25.9. The Morgan fingerprint density at radius 1 is 0.623 bits per heavy atom. The summed E-state index contributed by atoms with van der Waals surface area (Å²) in [6, 6.07) is 46.7. The van der Waals surface area contributed by atoms with Gasteiger partial charge in [0, 0.05) is 19.1 Å². The molecule has 0 aromatic heterocycles. The molecule has 0 saturated heterocycles. The molecule has 6 aromatic carbocycles. The van der Waals surface area contributed by atoms with Crippen molar-refractivity contribution in [3.63, 3.8) is 0 Å². The lowest BCUT2D eigenvalue weighted by Crippen LogP contribution is -2.52. The quantitative estimate of drug-likeness (QED) is 0.0897. The maximum absolute atomic E-state index is 14.4. The molecule has 0 saturated carbocycles. The largest absolute Gasteiger partial charge is 0.497 e. The van der Waals surface area contributed by atoms with E-state index >= 15 is 0 Å². The van der Waals surface area contributed by atoms with Crippen molar-refractivity contribution in [1.29, 1.82) is 0 Å². The SMILES string of the molecule is C=CC(=O)Oc1ccc(C2(c3ccc(OC(=O)C4CC5c6ccccc6C4(OC)c4ccc(OC)cc45)cc3)c3ccccc3-c3ccccc32)cc1. The molecular formula is C47H36O6. The summed E-state index contributed by atoms with van der Waals surface area (Å²) < 4.78 is 23.7. The van der Waals surface area contributed by atoms with E-state index in [0.29, 0.717) is 17.9 Å². The molecule has 260 valence electrons. The second-order valence-electron chi connectivity index (χ2n) is 13.8. The monoisotopic (exact) mass is 696 g/mol. The van der Waals surface area contributed by atoms with Crippen LogP contribution in [-0.2, 0) is 25.3 Å². The summed E-state index contributed by atoms with van der Waals surface area (Å²) in [5, 5.41) is 0. The Balaban J connectivity index is 1.10. The third kappa shape index (κ3) is 4.69. The number of carbonyl (C=O) groups excluding carboxylic acids is 2. The predicted molar refractivity (Wildman–Crippen MR) is 202 cm³/mol. The van der Waals surface area contributed by atoms with Crippen molar-refractivity contribution in [2.24, 2.45) is 5.92 Å². The van der Waals surface area contributed by atoms with Crippen LogP contribution in [0.15, 0.2) is 152 Å². The lowest BCUT2D eigenvalue weighted by Gasteiger charge is -2.52. The van der Waals surface area contributed by atoms with Crippen LogP contribution in [0.4, 0.5) is 0 Å². The van der Waals surface area contributed by atoms with E-state index in [-0.39, 0.29) is 11.9 Å². The van der Waals surface area contributed by atoms with Crippen LogP contribution in [0, 0.1) is 5.92 Å². The van der Waals surface area contributed by atoms with Crippen molar-refractivity contribution in [3.8, 4) is 28.4 Å². The van der Waals surface area contributed by atoms with Gasteiger partial charge in [0.15, 0.2) is 0 Å². The van der Waals surface area contributed by atoms with Crippen molar-refractivity contribution in [2.75, 3.05) is 14.2 Å². The van der Waals surface area contributed by atoms with Crippen molar-refractivity contribution >= 4 is 11.9 Å². The molecule has 0 radical (unpaired) electrons. The van der Waals surface area contributed by atoms with Crippen LogP contribution in [0.2, 0.25) is 0 Å². The number of rotatable bonds is 8. The second-order valence-corrected chi connectivity index (χ2v) is 13.8. The predicted octanol–water partition coefficient (Wildman–Crippen LogP) is 9.11. The number of esters is 2. The summed E-state index contributed by atoms with van der Waals surface area (Å²) in [5.74, 6) is 0.249. The first-order valence-electron chi connectivity index (χ1n) is 17.7. The Kier molecular flexibility index (Phi) is 7.68. The molecule has 0 N–H and O–H groups in total. The molecule has 6 aromatic rings. The van der Waals surface area contributed by atoms with Crippen LogP contribution >= 0.6 is 0 Å². The van der Waals surface area contributed by atoms with Crippen molar-refractivity contribution in [3.05, 3.63) is 197 Å². The highest BCUT2D eigenvalue weighted by Gasteiger charge is 2.58. The Morgan fingerprint density at radius 2 is 1.15 bits per heavy atom. The average molecular weight is 697 g/mol. The molecule has 3 atom stereocenters. The number of carbonyl (C=O) groups is 2. The van der Waals surface area contributed by atoms with E-state index in [0.717, 1.165) is 67.5 Å². The van der Waals surface area contributed by atoms with Gasteiger partial charge in [-0.05, 0) is 98.5 Å². The molecule has 10 rings (SSSR count). The Morgan fingerprint density at radius 3 is 1.74 bits per heavy atom. The van der Waals surface area contributed by atoms with Crippen LogP contribution < -0.4 is 14.2 Å². The minimum Gasteiger partial charge on any atom is -0.497 e. The highest BCUT2D eigenvalue weighted by molar-refractivity contribution is 5.87. The number of methoxy groups -OCH3 is 2. The maximum Gasteiger partial charge on any atom is 0.335 e. The Labute approximate surface area is 308 Å². The lowest BCUT2D eigenvalue weighted by atomic mass is 9.56. The molecular weight excluding hydrogens is 661 g/mol. The lowest BCUT2D eigenvalue weighted by molar-refractivity contribution is -0.153. The number of hydrogen-bond donors (Lipinski definition) is 0. The highest BCUT2D eigenvalue weighted by Crippen LogP contribution is 2.60. The van der Waals surface area contributed by atoms with Crippen molar-refractivity contribution in [1.82, 2.24) is 0 Å². The molecule has 6 nitrogen and oxygen atoms in total. The molecule has 0 heterocycles. The van der Waals surface area contributed by atoms with Gasteiger partial charge in [-0.2, -0.15) is 0 Å². The number of hydrogen-bond acceptors (Lipinski definition) is 6. The summed E-state index contributed by atoms with van der Waals surface area (Å²) in [6.07, 6.45) is 1.70. The van der Waals surface area contributed by atoms with Gasteiger partial charge in [0.2, 0.25) is 0 Å². The first kappa shape index (κ1) is 32.7. The molecule has 0 fully saturated rings. The summed E-state index contributed by atoms with van der Waals surface area (Å²) in [4.78, 5) is 26.3. The Bertz CT molecular complexity index is 2380. The fraction of sp³-hybridized carbons (Fsp3) is 0.149. The van der Waals surface area contributed by atoms with E-state index in [1.54, 1.807) is 14.2 Å². The molecule has 0 spiro atoms. The van der Waals surface area contributed by atoms with E-state index in [9.17, 15) is 9.59 Å². The van der Waals surface area contributed by atoms with E-state index in [1.807, 2.05) is 72.8 Å². The van der Waals surface area contributed by atoms with Crippen LogP contribution in [0.25, 0.3) is 11.1 Å². The second kappa shape index (κ2) is 12.5. The van der Waals surface area contributed by atoms with Crippen LogP contribution in [0.5, 0.6) is 17.2 Å². The zero-order chi connectivity index (χ0) is 36.3. The number of fused-ring (bicyclic) bond motifs is 4. The van der Waals surface area contributed by atoms with Gasteiger partial charge in [0.05, 0.1) is 18.4 Å². The van der Waals surface area contributed by atoms with Gasteiger partial charge in [0.1, 0.15) is 22.8 Å². The molecule has 0 aliphatic heterocycles. The van der Waals surface area contributed by atoms with Gasteiger partial charge >= 0.3 is 11.9 Å². The van der Waals surface area contributed by atoms with E-state index < -0.39 is 22.9 Å². The van der Waals surface area contributed by atoms with Gasteiger partial charge in [-0.1, -0.05) is 110 Å². The van der Waals surface area contributed by atoms with E-state index in [2.05, 4.69) is 73.3 Å². The van der Waals surface area contributed by atoms with Crippen LogP contribution in [0.1, 0.15) is 56.8 Å². The summed E-state index contributed by atoms with van der Waals surface area (Å²) in [5.41, 5.74) is 9.15. The standard InChI is InChI=1S/C47H36O6/c1-4-44(48)52-31-21-17-29(18-22-31)46(39-14-8-5-11-34(39)35-12-6-9-15-40(35)46)30-19-23-32(24-20-30)53-45(49)43-28-37-36-13-7-10-16-41(36)47(43,51-3)42-26-25-33(50-2)27-38(37)42/h4-27,37,43H,1,28H2,2-3H3. The van der Waals surface area contributed by atoms with Crippen molar-refractivity contribution in [2.45, 2.75) is 23.4 Å². The minimum absolute atomic E-state index is 0.00212. The topological polar surface area (TPSA) is 71.1 Å². The third-order valence-electron chi connectivity index (χ3n) is 11.5. The molecule has 3 unspecified atom stereocenters. The highest BCUT2D eigenvalue weighted by atomic mass is 16.5. The van der Waals surface area contributed by atoms with E-state index in [4.69, 9.17) is 18.9 Å². The van der Waals surface area contributed by atoms with Crippen molar-refractivity contribution < 1.29 is 28.5 Å². The maximum atomic E-state index is 14.4. The molecule has 4 aliphatic rings. The van der Waals surface area contributed by atoms with Gasteiger partial charge in [-0.15, -0.1) is 0 Å². The molecule has 2 bridgehead atoms. The molecule has 0 amide bonds. The summed E-state index contributed by atoms with van der Waals surface area (Å²) >= 11 is 0. The minimum atomic E-state index is -1.00. The summed E-state index contributed by atoms with van der Waals surface area (Å²) in [6.45, 7) is 3.51. The van der Waals surface area contributed by atoms with E-state index in [1.165, 1.54) is 0 Å². The number of ether oxygens (including phenoxy) is 4. The van der Waals surface area contributed by atoms with Gasteiger partial charge in [-0.25, -0.2) is 4.79 Å². The van der Waals surface area contributed by atoms with Gasteiger partial charge in [-0.3, -0.25) is 4.79 Å². The normalized spacial score (nSPS) is 19.6. The Hall–Kier alpha value is -6.24. The zero-order valence-corrected chi connectivity index (χ0v) is 29.4. The summed E-state index contributed by atoms with van der Waals surface area (Å²) in [7, 11) is 3.35. The number of benzene rings is 6. The van der Waals surface area contributed by atoms with Crippen LogP contribution in [-0.4, -0.2) is 26.2 Å². The average Bonchev–Trinajstić information content (AvgIpc) is 3.52. The zero-order valence-electron chi connectivity index (χ0n) is 29.4. The smallest absolute Gasteiger partial charge is 0.335 e. The molecule has 6 heteroatoms. The van der Waals surface area contributed by atoms with Gasteiger partial charge in [0.25, 0.3) is 0 Å². The van der Waals surface area contributed by atoms with Crippen LogP contribution in [0.3, 0.4) is 0 Å². The fourth-order valence-corrected chi connectivity index (χ4v) is 9.32.